The molecule has 2 aromatic rings. The van der Waals surface area contributed by atoms with Crippen LogP contribution >= 0.6 is 11.6 Å². The Kier molecular flexibility index (Phi) is 8.33. The molecule has 0 unspecified atom stereocenters. The van der Waals surface area contributed by atoms with Crippen molar-refractivity contribution < 1.29 is 23.1 Å². The van der Waals surface area contributed by atoms with Gasteiger partial charge in [-0.3, -0.25) is 4.79 Å². The number of hydrogen-bond acceptors (Lipinski definition) is 8. The molecule has 0 saturated carbocycles. The molecule has 1 fully saturated rings. The molecule has 1 aliphatic rings. The molecule has 3 heterocycles. The van der Waals surface area contributed by atoms with E-state index in [1.165, 1.54) is 23.2 Å². The molecule has 1 aliphatic heterocycles. The number of nitrogens with one attached hydrogen (secondary N) is 2. The maximum Gasteiger partial charge on any atom is 0.407 e. The fourth-order valence-electron chi connectivity index (χ4n) is 4.29. The van der Waals surface area contributed by atoms with E-state index in [2.05, 4.69) is 20.3 Å². The van der Waals surface area contributed by atoms with Crippen molar-refractivity contribution in [2.75, 3.05) is 18.4 Å². The van der Waals surface area contributed by atoms with E-state index in [0.29, 0.717) is 24.7 Å². The van der Waals surface area contributed by atoms with Crippen LogP contribution in [-0.4, -0.2) is 64.0 Å². The number of aromatic nitrogens is 3. The summed E-state index contributed by atoms with van der Waals surface area (Å²) in [6.45, 7) is 10.5. The molecule has 37 heavy (non-hydrogen) atoms. The first-order chi connectivity index (χ1) is 17.1. The van der Waals surface area contributed by atoms with Crippen LogP contribution in [-0.2, 0) is 15.4 Å². The summed E-state index contributed by atoms with van der Waals surface area (Å²) in [7, 11) is -4.28. The largest absolute Gasteiger partial charge is 0.465 e. The van der Waals surface area contributed by atoms with Gasteiger partial charge in [-0.1, -0.05) is 38.4 Å². The number of carbonyl (C=O) groups excluding carboxylic acids is 1. The molecule has 3 N–H and O–H groups in total. The van der Waals surface area contributed by atoms with Crippen LogP contribution in [0.2, 0.25) is 5.15 Å². The Morgan fingerprint density at radius 3 is 2.54 bits per heavy atom. The number of anilines is 1. The standard InChI is InChI=1S/C24H33ClN6O5S/c1-23(2,3)21-27-13-16(19(25)29-21)20(32)30-37(35,36)18-10-6-9-17(28-18)26-11-7-8-15-12-24(4,5)31(14-15)22(33)34/h6,9-10,13,15H,7-8,11-12,14H2,1-5H3,(H,26,28)(H,30,32)(H,33,34)/t15-/m0/s1. The fourth-order valence-corrected chi connectivity index (χ4v) is 5.44. The lowest BCUT2D eigenvalue weighted by atomic mass is 9.93. The van der Waals surface area contributed by atoms with Gasteiger partial charge in [0, 0.05) is 30.2 Å². The minimum Gasteiger partial charge on any atom is -0.465 e. The molecular weight excluding hydrogens is 520 g/mol. The lowest BCUT2D eigenvalue weighted by Gasteiger charge is -2.28. The van der Waals surface area contributed by atoms with E-state index in [0.717, 1.165) is 19.3 Å². The van der Waals surface area contributed by atoms with Crippen LogP contribution in [0.4, 0.5) is 10.6 Å². The van der Waals surface area contributed by atoms with Crippen molar-refractivity contribution in [1.82, 2.24) is 24.6 Å². The second-order valence-corrected chi connectivity index (χ2v) is 12.8. The molecule has 3 rings (SSSR count). The van der Waals surface area contributed by atoms with E-state index in [1.54, 1.807) is 6.07 Å². The molecule has 0 spiro atoms. The van der Waals surface area contributed by atoms with Gasteiger partial charge in [0.1, 0.15) is 16.8 Å². The van der Waals surface area contributed by atoms with Crippen molar-refractivity contribution in [1.29, 1.82) is 0 Å². The number of amides is 2. The lowest BCUT2D eigenvalue weighted by Crippen LogP contribution is -2.41. The van der Waals surface area contributed by atoms with Gasteiger partial charge in [-0.25, -0.2) is 24.5 Å². The zero-order valence-electron chi connectivity index (χ0n) is 21.6. The van der Waals surface area contributed by atoms with Crippen LogP contribution in [0.3, 0.4) is 0 Å². The van der Waals surface area contributed by atoms with Gasteiger partial charge in [0.05, 0.1) is 5.56 Å². The van der Waals surface area contributed by atoms with Crippen molar-refractivity contribution in [3.63, 3.8) is 0 Å². The fraction of sp³-hybridized carbons (Fsp3) is 0.542. The number of likely N-dealkylation sites (tertiary alicyclic amines) is 1. The first kappa shape index (κ1) is 28.6. The molecule has 0 radical (unpaired) electrons. The summed E-state index contributed by atoms with van der Waals surface area (Å²) in [6, 6.07) is 4.43. The number of carboxylic acid groups (broad SMARTS) is 1. The third-order valence-electron chi connectivity index (χ3n) is 6.17. The molecule has 2 amide bonds. The van der Waals surface area contributed by atoms with Gasteiger partial charge < -0.3 is 15.3 Å². The summed E-state index contributed by atoms with van der Waals surface area (Å²) in [4.78, 5) is 37.9. The van der Waals surface area contributed by atoms with E-state index in [-0.39, 0.29) is 27.2 Å². The molecule has 202 valence electrons. The van der Waals surface area contributed by atoms with Gasteiger partial charge in [0.2, 0.25) is 0 Å². The van der Waals surface area contributed by atoms with Crippen LogP contribution in [0.1, 0.15) is 70.1 Å². The first-order valence-electron chi connectivity index (χ1n) is 11.9. The molecule has 1 atom stereocenters. The highest BCUT2D eigenvalue weighted by Gasteiger charge is 2.40. The number of carbonyl (C=O) groups is 2. The summed E-state index contributed by atoms with van der Waals surface area (Å²) >= 11 is 6.12. The first-order valence-corrected chi connectivity index (χ1v) is 13.8. The van der Waals surface area contributed by atoms with Gasteiger partial charge in [-0.05, 0) is 51.2 Å². The highest BCUT2D eigenvalue weighted by atomic mass is 35.5. The number of pyridine rings is 1. The van der Waals surface area contributed by atoms with Crippen molar-refractivity contribution in [2.45, 2.75) is 69.9 Å². The Morgan fingerprint density at radius 1 is 1.24 bits per heavy atom. The number of rotatable bonds is 8. The van der Waals surface area contributed by atoms with Crippen molar-refractivity contribution in [3.05, 3.63) is 40.9 Å². The van der Waals surface area contributed by atoms with Gasteiger partial charge in [-0.15, -0.1) is 0 Å². The lowest BCUT2D eigenvalue weighted by molar-refractivity contribution is 0.0980. The van der Waals surface area contributed by atoms with E-state index >= 15 is 0 Å². The molecule has 1 saturated heterocycles. The molecule has 13 heteroatoms. The van der Waals surface area contributed by atoms with Crippen molar-refractivity contribution >= 4 is 39.4 Å². The van der Waals surface area contributed by atoms with Crippen LogP contribution in [0, 0.1) is 5.92 Å². The normalized spacial score (nSPS) is 17.5. The topological polar surface area (TPSA) is 154 Å². The Hall–Kier alpha value is -2.99. The highest BCUT2D eigenvalue weighted by molar-refractivity contribution is 7.90. The Labute approximate surface area is 222 Å². The van der Waals surface area contributed by atoms with Gasteiger partial charge in [0.15, 0.2) is 5.03 Å². The summed E-state index contributed by atoms with van der Waals surface area (Å²) in [5.74, 6) is 0.0647. The second-order valence-electron chi connectivity index (χ2n) is 10.8. The minimum atomic E-state index is -4.28. The zero-order valence-corrected chi connectivity index (χ0v) is 23.1. The Bertz CT molecular complexity index is 1280. The van der Waals surface area contributed by atoms with Gasteiger partial charge >= 0.3 is 6.09 Å². The van der Waals surface area contributed by atoms with Crippen LogP contribution in [0.15, 0.2) is 29.4 Å². The number of halogens is 1. The molecule has 0 aliphatic carbocycles. The predicted octanol–water partition coefficient (Wildman–Crippen LogP) is 3.91. The van der Waals surface area contributed by atoms with Crippen LogP contribution < -0.4 is 10.0 Å². The Morgan fingerprint density at radius 2 is 1.95 bits per heavy atom. The third-order valence-corrected chi connectivity index (χ3v) is 7.69. The second kappa shape index (κ2) is 10.8. The molecule has 0 bridgehead atoms. The van der Waals surface area contributed by atoms with E-state index in [4.69, 9.17) is 11.6 Å². The predicted molar refractivity (Wildman–Crippen MR) is 139 cm³/mol. The Balaban J connectivity index is 1.58. The maximum absolute atomic E-state index is 12.8. The van der Waals surface area contributed by atoms with Crippen LogP contribution in [0.5, 0.6) is 0 Å². The number of sulfonamides is 1. The average Bonchev–Trinajstić information content (AvgIpc) is 3.10. The summed E-state index contributed by atoms with van der Waals surface area (Å²) in [5.41, 5.74) is -0.942. The zero-order chi connectivity index (χ0) is 27.6. The van der Waals surface area contributed by atoms with E-state index in [1.807, 2.05) is 39.3 Å². The minimum absolute atomic E-state index is 0.145. The monoisotopic (exact) mass is 552 g/mol. The van der Waals surface area contributed by atoms with Crippen LogP contribution in [0.25, 0.3) is 0 Å². The average molecular weight is 553 g/mol. The van der Waals surface area contributed by atoms with Gasteiger partial charge in [-0.2, -0.15) is 8.42 Å². The summed E-state index contributed by atoms with van der Waals surface area (Å²) in [5, 5.41) is 12.0. The number of nitrogens with zero attached hydrogens (tertiary/aromatic N) is 4. The highest BCUT2D eigenvalue weighted by Crippen LogP contribution is 2.34. The SMILES string of the molecule is CC(C)(C)c1ncc(C(=O)NS(=O)(=O)c2cccc(NCCC[C@@H]3CN(C(=O)O)C(C)(C)C3)n2)c(Cl)n1. The quantitative estimate of drug-likeness (QED) is 0.326. The molecular formula is C24H33ClN6O5S. The maximum atomic E-state index is 12.8. The van der Waals surface area contributed by atoms with Gasteiger partial charge in [0.25, 0.3) is 15.9 Å². The summed E-state index contributed by atoms with van der Waals surface area (Å²) in [6.07, 6.45) is 2.67. The van der Waals surface area contributed by atoms with E-state index in [9.17, 15) is 23.1 Å². The molecule has 0 aromatic carbocycles. The van der Waals surface area contributed by atoms with Crippen molar-refractivity contribution in [2.24, 2.45) is 5.92 Å². The summed E-state index contributed by atoms with van der Waals surface area (Å²) < 4.78 is 27.6. The third kappa shape index (κ3) is 7.07. The molecule has 2 aromatic heterocycles. The smallest absolute Gasteiger partial charge is 0.407 e. The van der Waals surface area contributed by atoms with E-state index < -0.39 is 27.4 Å². The number of hydrogen-bond donors (Lipinski definition) is 3. The van der Waals surface area contributed by atoms with Crippen molar-refractivity contribution in [3.8, 4) is 0 Å². The molecule has 11 nitrogen and oxygen atoms in total.